The number of rotatable bonds is 6. The quantitative estimate of drug-likeness (QED) is 0.625. The van der Waals surface area contributed by atoms with Gasteiger partial charge in [-0.1, -0.05) is 49.2 Å². The van der Waals surface area contributed by atoms with E-state index in [2.05, 4.69) is 20.2 Å². The molecular formula is C21H25N5OS. The van der Waals surface area contributed by atoms with Gasteiger partial charge in [0.1, 0.15) is 0 Å². The van der Waals surface area contributed by atoms with Crippen molar-refractivity contribution in [3.05, 3.63) is 60.2 Å². The van der Waals surface area contributed by atoms with Crippen LogP contribution in [-0.4, -0.2) is 31.2 Å². The Labute approximate surface area is 169 Å². The number of nitrogens with zero attached hydrogens (tertiary/aromatic N) is 4. The molecule has 1 amide bonds. The van der Waals surface area contributed by atoms with Crippen molar-refractivity contribution in [2.24, 2.45) is 0 Å². The molecule has 0 aliphatic heterocycles. The van der Waals surface area contributed by atoms with Crippen LogP contribution in [0.5, 0.6) is 0 Å². The Balaban J connectivity index is 1.50. The maximum atomic E-state index is 12.4. The molecule has 0 unspecified atom stereocenters. The summed E-state index contributed by atoms with van der Waals surface area (Å²) >= 11 is 1.42. The minimum absolute atomic E-state index is 0.0411. The van der Waals surface area contributed by atoms with Crippen molar-refractivity contribution in [2.45, 2.75) is 50.1 Å². The number of hydrogen-bond donors (Lipinski definition) is 1. The van der Waals surface area contributed by atoms with Gasteiger partial charge in [-0.3, -0.25) is 9.47 Å². The fraction of sp³-hybridized carbons (Fsp3) is 0.381. The smallest absolute Gasteiger partial charge is 0.234 e. The Hall–Kier alpha value is -2.54. The molecule has 0 radical (unpaired) electrons. The van der Waals surface area contributed by atoms with Gasteiger partial charge in [-0.25, -0.2) is 4.68 Å². The van der Waals surface area contributed by atoms with Crippen LogP contribution in [0.4, 0.5) is 5.69 Å². The predicted octanol–water partition coefficient (Wildman–Crippen LogP) is 4.48. The summed E-state index contributed by atoms with van der Waals surface area (Å²) < 4.78 is 4.06. The standard InChI is InChI=1S/C21H25N5OS/c1-16-9-5-6-12-18(16)22-19(27)15-28-21-24-23-20(17-10-3-2-4-11-17)26(21)25-13-7-8-14-25/h5-9,12-14,17H,2-4,10-11,15H2,1H3,(H,22,27). The molecule has 2 aromatic heterocycles. The lowest BCUT2D eigenvalue weighted by Gasteiger charge is -2.22. The largest absolute Gasteiger partial charge is 0.325 e. The maximum absolute atomic E-state index is 12.4. The number of aryl methyl sites for hydroxylation is 1. The third-order valence-corrected chi connectivity index (χ3v) is 6.10. The van der Waals surface area contributed by atoms with Gasteiger partial charge in [0.05, 0.1) is 5.75 Å². The van der Waals surface area contributed by atoms with Crippen LogP contribution in [0.2, 0.25) is 0 Å². The molecule has 4 rings (SSSR count). The van der Waals surface area contributed by atoms with Gasteiger partial charge in [-0.15, -0.1) is 10.2 Å². The predicted molar refractivity (Wildman–Crippen MR) is 112 cm³/mol. The Morgan fingerprint density at radius 3 is 2.61 bits per heavy atom. The number of benzene rings is 1. The summed E-state index contributed by atoms with van der Waals surface area (Å²) in [7, 11) is 0. The Kier molecular flexibility index (Phi) is 5.81. The normalized spacial score (nSPS) is 14.9. The molecule has 146 valence electrons. The number of carbonyl (C=O) groups excluding carboxylic acids is 1. The van der Waals surface area contributed by atoms with Crippen LogP contribution >= 0.6 is 11.8 Å². The Bertz CT molecular complexity index is 928. The van der Waals surface area contributed by atoms with Gasteiger partial charge in [-0.2, -0.15) is 0 Å². The van der Waals surface area contributed by atoms with E-state index in [-0.39, 0.29) is 5.91 Å². The SMILES string of the molecule is Cc1ccccc1NC(=O)CSc1nnc(C2CCCCC2)n1-n1cccc1. The van der Waals surface area contributed by atoms with E-state index in [1.807, 2.05) is 60.4 Å². The van der Waals surface area contributed by atoms with Gasteiger partial charge < -0.3 is 5.32 Å². The van der Waals surface area contributed by atoms with E-state index in [0.717, 1.165) is 35.1 Å². The van der Waals surface area contributed by atoms with Crippen LogP contribution in [0.15, 0.2) is 53.9 Å². The molecule has 1 aromatic carbocycles. The van der Waals surface area contributed by atoms with Crippen molar-refractivity contribution < 1.29 is 4.79 Å². The molecule has 0 saturated heterocycles. The van der Waals surface area contributed by atoms with Crippen LogP contribution in [0, 0.1) is 6.92 Å². The average molecular weight is 396 g/mol. The molecule has 1 saturated carbocycles. The van der Waals surface area contributed by atoms with Crippen LogP contribution in [0.25, 0.3) is 0 Å². The van der Waals surface area contributed by atoms with Crippen molar-refractivity contribution in [3.8, 4) is 0 Å². The molecule has 7 heteroatoms. The topological polar surface area (TPSA) is 64.7 Å². The molecule has 1 aliphatic carbocycles. The summed E-state index contributed by atoms with van der Waals surface area (Å²) in [6, 6.07) is 11.8. The van der Waals surface area contributed by atoms with Gasteiger partial charge >= 0.3 is 0 Å². The minimum atomic E-state index is -0.0411. The summed E-state index contributed by atoms with van der Waals surface area (Å²) in [4.78, 5) is 12.4. The number of thioether (sulfide) groups is 1. The zero-order chi connectivity index (χ0) is 19.3. The van der Waals surface area contributed by atoms with Gasteiger partial charge in [0.15, 0.2) is 5.82 Å². The van der Waals surface area contributed by atoms with Crippen molar-refractivity contribution in [3.63, 3.8) is 0 Å². The van der Waals surface area contributed by atoms with Crippen molar-refractivity contribution in [1.82, 2.24) is 19.5 Å². The minimum Gasteiger partial charge on any atom is -0.325 e. The van der Waals surface area contributed by atoms with Gasteiger partial charge in [-0.05, 0) is 43.5 Å². The number of anilines is 1. The van der Waals surface area contributed by atoms with Crippen LogP contribution in [0.3, 0.4) is 0 Å². The van der Waals surface area contributed by atoms with Crippen LogP contribution in [-0.2, 0) is 4.79 Å². The third kappa shape index (κ3) is 4.14. The molecule has 0 atom stereocenters. The highest BCUT2D eigenvalue weighted by atomic mass is 32.2. The van der Waals surface area contributed by atoms with Crippen molar-refractivity contribution in [2.75, 3.05) is 11.1 Å². The zero-order valence-corrected chi connectivity index (χ0v) is 16.9. The summed E-state index contributed by atoms with van der Waals surface area (Å²) in [6.45, 7) is 1.99. The first-order chi connectivity index (χ1) is 13.7. The number of aromatic nitrogens is 4. The fourth-order valence-electron chi connectivity index (χ4n) is 3.69. The van der Waals surface area contributed by atoms with E-state index in [4.69, 9.17) is 0 Å². The number of para-hydroxylation sites is 1. The van der Waals surface area contributed by atoms with E-state index in [1.165, 1.54) is 31.0 Å². The molecule has 6 nitrogen and oxygen atoms in total. The first-order valence-electron chi connectivity index (χ1n) is 9.79. The molecule has 0 bridgehead atoms. The number of carbonyl (C=O) groups is 1. The number of nitrogens with one attached hydrogen (secondary N) is 1. The molecule has 2 heterocycles. The van der Waals surface area contributed by atoms with E-state index < -0.39 is 0 Å². The van der Waals surface area contributed by atoms with E-state index in [9.17, 15) is 4.79 Å². The first kappa shape index (κ1) is 18.8. The van der Waals surface area contributed by atoms with Gasteiger partial charge in [0, 0.05) is 24.0 Å². The fourth-order valence-corrected chi connectivity index (χ4v) is 4.43. The molecule has 28 heavy (non-hydrogen) atoms. The van der Waals surface area contributed by atoms with E-state index in [1.54, 1.807) is 0 Å². The second-order valence-corrected chi connectivity index (χ2v) is 8.14. The lowest BCUT2D eigenvalue weighted by Crippen LogP contribution is -2.18. The Morgan fingerprint density at radius 1 is 1.11 bits per heavy atom. The molecule has 1 N–H and O–H groups in total. The van der Waals surface area contributed by atoms with E-state index in [0.29, 0.717) is 11.7 Å². The molecular weight excluding hydrogens is 370 g/mol. The van der Waals surface area contributed by atoms with Gasteiger partial charge in [0.2, 0.25) is 11.1 Å². The zero-order valence-electron chi connectivity index (χ0n) is 16.0. The summed E-state index contributed by atoms with van der Waals surface area (Å²) in [6.07, 6.45) is 10.1. The van der Waals surface area contributed by atoms with Crippen LogP contribution in [0.1, 0.15) is 49.4 Å². The highest BCUT2D eigenvalue weighted by Gasteiger charge is 2.24. The number of hydrogen-bond acceptors (Lipinski definition) is 4. The molecule has 3 aromatic rings. The van der Waals surface area contributed by atoms with E-state index >= 15 is 0 Å². The highest BCUT2D eigenvalue weighted by Crippen LogP contribution is 2.33. The lowest BCUT2D eigenvalue weighted by molar-refractivity contribution is -0.113. The maximum Gasteiger partial charge on any atom is 0.234 e. The Morgan fingerprint density at radius 2 is 1.86 bits per heavy atom. The summed E-state index contributed by atoms with van der Waals surface area (Å²) in [5, 5.41) is 12.7. The van der Waals surface area contributed by atoms with Crippen molar-refractivity contribution >= 4 is 23.4 Å². The van der Waals surface area contributed by atoms with Crippen LogP contribution < -0.4 is 5.32 Å². The molecule has 1 fully saturated rings. The lowest BCUT2D eigenvalue weighted by atomic mass is 9.89. The monoisotopic (exact) mass is 395 g/mol. The highest BCUT2D eigenvalue weighted by molar-refractivity contribution is 7.99. The third-order valence-electron chi connectivity index (χ3n) is 5.18. The molecule has 1 aliphatic rings. The van der Waals surface area contributed by atoms with Gasteiger partial charge in [0.25, 0.3) is 0 Å². The number of amides is 1. The average Bonchev–Trinajstić information content (AvgIpc) is 3.38. The second-order valence-electron chi connectivity index (χ2n) is 7.20. The summed E-state index contributed by atoms with van der Waals surface area (Å²) in [5.41, 5.74) is 1.90. The second kappa shape index (κ2) is 8.65. The first-order valence-corrected chi connectivity index (χ1v) is 10.8. The molecule has 0 spiro atoms. The van der Waals surface area contributed by atoms with Crippen molar-refractivity contribution in [1.29, 1.82) is 0 Å². The summed E-state index contributed by atoms with van der Waals surface area (Å²) in [5.74, 6) is 1.68.